The van der Waals surface area contributed by atoms with Crippen molar-refractivity contribution in [3.05, 3.63) is 48.6 Å². The summed E-state index contributed by atoms with van der Waals surface area (Å²) in [5, 5.41) is 2.91. The highest BCUT2D eigenvalue weighted by Gasteiger charge is 2.43. The molecule has 2 rings (SSSR count). The standard InChI is InChI=1S/C14H17NO2/c1-2-8-14(9-10-14)15-13(16)17-11-12-6-4-3-5-7-12/h2-7H,1,8-11H2,(H,15,16). The fourth-order valence-electron chi connectivity index (χ4n) is 1.78. The van der Waals surface area contributed by atoms with E-state index < -0.39 is 0 Å². The molecule has 0 heterocycles. The third-order valence-electron chi connectivity index (χ3n) is 2.97. The Morgan fingerprint density at radius 3 is 2.71 bits per heavy atom. The van der Waals surface area contributed by atoms with Crippen molar-refractivity contribution in [3.8, 4) is 0 Å². The van der Waals surface area contributed by atoms with Gasteiger partial charge in [-0.1, -0.05) is 36.4 Å². The number of benzene rings is 1. The van der Waals surface area contributed by atoms with Gasteiger partial charge in [-0.05, 0) is 24.8 Å². The van der Waals surface area contributed by atoms with Crippen LogP contribution in [0.3, 0.4) is 0 Å². The minimum atomic E-state index is -0.340. The third-order valence-corrected chi connectivity index (χ3v) is 2.97. The zero-order chi connectivity index (χ0) is 12.1. The number of ether oxygens (including phenoxy) is 1. The molecular weight excluding hydrogens is 214 g/mol. The summed E-state index contributed by atoms with van der Waals surface area (Å²) in [5.41, 5.74) is 0.923. The van der Waals surface area contributed by atoms with Crippen molar-refractivity contribution in [2.75, 3.05) is 0 Å². The van der Waals surface area contributed by atoms with Gasteiger partial charge in [-0.2, -0.15) is 0 Å². The Morgan fingerprint density at radius 2 is 2.12 bits per heavy atom. The van der Waals surface area contributed by atoms with Crippen LogP contribution < -0.4 is 5.32 Å². The zero-order valence-corrected chi connectivity index (χ0v) is 9.82. The zero-order valence-electron chi connectivity index (χ0n) is 9.82. The average molecular weight is 231 g/mol. The summed E-state index contributed by atoms with van der Waals surface area (Å²) in [6.45, 7) is 4.01. The normalized spacial score (nSPS) is 16.0. The SMILES string of the molecule is C=CCC1(NC(=O)OCc2ccccc2)CC1. The smallest absolute Gasteiger partial charge is 0.407 e. The van der Waals surface area contributed by atoms with Crippen LogP contribution in [0.1, 0.15) is 24.8 Å². The molecule has 0 aromatic heterocycles. The summed E-state index contributed by atoms with van der Waals surface area (Å²) >= 11 is 0. The van der Waals surface area contributed by atoms with Crippen molar-refractivity contribution < 1.29 is 9.53 Å². The van der Waals surface area contributed by atoms with Gasteiger partial charge in [-0.25, -0.2) is 4.79 Å². The summed E-state index contributed by atoms with van der Waals surface area (Å²) in [4.78, 5) is 11.6. The van der Waals surface area contributed by atoms with E-state index in [0.29, 0.717) is 6.61 Å². The lowest BCUT2D eigenvalue weighted by molar-refractivity contribution is 0.134. The number of carbonyl (C=O) groups is 1. The fourth-order valence-corrected chi connectivity index (χ4v) is 1.78. The lowest BCUT2D eigenvalue weighted by atomic mass is 10.2. The highest BCUT2D eigenvalue weighted by Crippen LogP contribution is 2.38. The first-order valence-corrected chi connectivity index (χ1v) is 5.84. The molecule has 1 fully saturated rings. The molecule has 0 atom stereocenters. The van der Waals surface area contributed by atoms with Crippen LogP contribution in [0.25, 0.3) is 0 Å². The van der Waals surface area contributed by atoms with Crippen LogP contribution in [0.2, 0.25) is 0 Å². The summed E-state index contributed by atoms with van der Waals surface area (Å²) in [6.07, 6.45) is 4.34. The average Bonchev–Trinajstić information content (AvgIpc) is 3.08. The molecule has 0 saturated heterocycles. The van der Waals surface area contributed by atoms with Gasteiger partial charge in [0.25, 0.3) is 0 Å². The minimum absolute atomic E-state index is 0.0739. The molecule has 1 aromatic carbocycles. The van der Waals surface area contributed by atoms with Crippen LogP contribution >= 0.6 is 0 Å². The van der Waals surface area contributed by atoms with E-state index in [4.69, 9.17) is 4.74 Å². The fraction of sp³-hybridized carbons (Fsp3) is 0.357. The molecule has 1 amide bonds. The van der Waals surface area contributed by atoms with Crippen LogP contribution in [0, 0.1) is 0 Å². The first kappa shape index (κ1) is 11.7. The second-order valence-electron chi connectivity index (χ2n) is 4.46. The molecule has 0 spiro atoms. The van der Waals surface area contributed by atoms with Gasteiger partial charge in [0.1, 0.15) is 6.61 Å². The number of amides is 1. The van der Waals surface area contributed by atoms with Gasteiger partial charge in [0.2, 0.25) is 0 Å². The molecule has 3 heteroatoms. The van der Waals surface area contributed by atoms with Crippen molar-refractivity contribution in [1.29, 1.82) is 0 Å². The lowest BCUT2D eigenvalue weighted by Crippen LogP contribution is -2.36. The summed E-state index contributed by atoms with van der Waals surface area (Å²) in [5.74, 6) is 0. The summed E-state index contributed by atoms with van der Waals surface area (Å²) in [7, 11) is 0. The van der Waals surface area contributed by atoms with E-state index in [0.717, 1.165) is 24.8 Å². The van der Waals surface area contributed by atoms with E-state index in [2.05, 4.69) is 11.9 Å². The number of rotatable bonds is 5. The monoisotopic (exact) mass is 231 g/mol. The van der Waals surface area contributed by atoms with Gasteiger partial charge in [0.15, 0.2) is 0 Å². The Balaban J connectivity index is 1.77. The Kier molecular flexibility index (Phi) is 3.47. The van der Waals surface area contributed by atoms with Gasteiger partial charge in [0, 0.05) is 5.54 Å². The first-order valence-electron chi connectivity index (χ1n) is 5.84. The van der Waals surface area contributed by atoms with Crippen LogP contribution in [-0.2, 0) is 11.3 Å². The van der Waals surface area contributed by atoms with Gasteiger partial charge in [-0.3, -0.25) is 0 Å². The van der Waals surface area contributed by atoms with E-state index in [1.54, 1.807) is 0 Å². The molecule has 17 heavy (non-hydrogen) atoms. The molecule has 3 nitrogen and oxygen atoms in total. The molecular formula is C14H17NO2. The number of hydrogen-bond donors (Lipinski definition) is 1. The highest BCUT2D eigenvalue weighted by atomic mass is 16.5. The van der Waals surface area contributed by atoms with Crippen molar-refractivity contribution >= 4 is 6.09 Å². The van der Waals surface area contributed by atoms with Gasteiger partial charge in [0.05, 0.1) is 0 Å². The maximum absolute atomic E-state index is 11.6. The molecule has 90 valence electrons. The maximum Gasteiger partial charge on any atom is 0.407 e. The van der Waals surface area contributed by atoms with Gasteiger partial charge >= 0.3 is 6.09 Å². The Hall–Kier alpha value is -1.77. The van der Waals surface area contributed by atoms with Crippen LogP contribution in [0.4, 0.5) is 4.79 Å². The Morgan fingerprint density at radius 1 is 1.41 bits per heavy atom. The Bertz CT molecular complexity index is 396. The number of hydrogen-bond acceptors (Lipinski definition) is 2. The first-order chi connectivity index (χ1) is 8.24. The molecule has 1 aliphatic rings. The van der Waals surface area contributed by atoms with Crippen LogP contribution in [0.15, 0.2) is 43.0 Å². The third kappa shape index (κ3) is 3.34. The van der Waals surface area contributed by atoms with E-state index in [-0.39, 0.29) is 11.6 Å². The van der Waals surface area contributed by atoms with E-state index in [1.165, 1.54) is 0 Å². The van der Waals surface area contributed by atoms with Crippen molar-refractivity contribution in [2.45, 2.75) is 31.4 Å². The van der Waals surface area contributed by atoms with Crippen molar-refractivity contribution in [1.82, 2.24) is 5.32 Å². The highest BCUT2D eigenvalue weighted by molar-refractivity contribution is 5.69. The predicted molar refractivity (Wildman–Crippen MR) is 66.5 cm³/mol. The molecule has 1 aliphatic carbocycles. The number of alkyl carbamates (subject to hydrolysis) is 1. The van der Waals surface area contributed by atoms with Crippen molar-refractivity contribution in [3.63, 3.8) is 0 Å². The molecule has 1 saturated carbocycles. The molecule has 1 aromatic rings. The minimum Gasteiger partial charge on any atom is -0.445 e. The second kappa shape index (κ2) is 5.04. The molecule has 1 N–H and O–H groups in total. The second-order valence-corrected chi connectivity index (χ2v) is 4.46. The Labute approximate surface area is 101 Å². The van der Waals surface area contributed by atoms with Gasteiger partial charge < -0.3 is 10.1 Å². The van der Waals surface area contributed by atoms with E-state index >= 15 is 0 Å². The molecule has 0 aliphatic heterocycles. The van der Waals surface area contributed by atoms with E-state index in [1.807, 2.05) is 36.4 Å². The van der Waals surface area contributed by atoms with Gasteiger partial charge in [-0.15, -0.1) is 6.58 Å². The maximum atomic E-state index is 11.6. The molecule has 0 bridgehead atoms. The lowest BCUT2D eigenvalue weighted by Gasteiger charge is -2.15. The van der Waals surface area contributed by atoms with Crippen molar-refractivity contribution in [2.24, 2.45) is 0 Å². The van der Waals surface area contributed by atoms with Crippen LogP contribution in [-0.4, -0.2) is 11.6 Å². The predicted octanol–water partition coefficient (Wildman–Crippen LogP) is 3.02. The van der Waals surface area contributed by atoms with Crippen LogP contribution in [0.5, 0.6) is 0 Å². The quantitative estimate of drug-likeness (QED) is 0.791. The largest absolute Gasteiger partial charge is 0.445 e. The topological polar surface area (TPSA) is 38.3 Å². The number of nitrogens with one attached hydrogen (secondary N) is 1. The molecule has 0 radical (unpaired) electrons. The van der Waals surface area contributed by atoms with E-state index in [9.17, 15) is 4.79 Å². The number of carbonyl (C=O) groups excluding carboxylic acids is 1. The molecule has 0 unspecified atom stereocenters. The summed E-state index contributed by atoms with van der Waals surface area (Å²) < 4.78 is 5.17. The summed E-state index contributed by atoms with van der Waals surface area (Å²) in [6, 6.07) is 9.66.